The SMILES string of the molecule is CCNc1ncc(S(=O)(=O)N(CCO)C2CCC2)cc1Cl. The van der Waals surface area contributed by atoms with Gasteiger partial charge in [-0.15, -0.1) is 0 Å². The lowest BCUT2D eigenvalue weighted by atomic mass is 9.93. The smallest absolute Gasteiger partial charge is 0.244 e. The molecule has 8 heteroatoms. The van der Waals surface area contributed by atoms with Gasteiger partial charge in [-0.3, -0.25) is 0 Å². The molecule has 2 N–H and O–H groups in total. The lowest BCUT2D eigenvalue weighted by molar-refractivity contribution is 0.178. The second kappa shape index (κ2) is 6.91. The van der Waals surface area contributed by atoms with E-state index in [9.17, 15) is 8.42 Å². The van der Waals surface area contributed by atoms with E-state index < -0.39 is 10.0 Å². The number of anilines is 1. The molecule has 1 aromatic rings. The highest BCUT2D eigenvalue weighted by atomic mass is 35.5. The minimum absolute atomic E-state index is 0.0330. The Hall–Kier alpha value is -0.890. The molecule has 6 nitrogen and oxygen atoms in total. The van der Waals surface area contributed by atoms with Crippen molar-refractivity contribution in [3.63, 3.8) is 0 Å². The highest BCUT2D eigenvalue weighted by Crippen LogP contribution is 2.31. The third kappa shape index (κ3) is 3.48. The lowest BCUT2D eigenvalue weighted by Gasteiger charge is -2.36. The predicted octanol–water partition coefficient (Wildman–Crippen LogP) is 1.70. The van der Waals surface area contributed by atoms with E-state index in [1.165, 1.54) is 16.6 Å². The van der Waals surface area contributed by atoms with E-state index in [1.807, 2.05) is 6.92 Å². The molecule has 0 aliphatic heterocycles. The number of pyridine rings is 1. The van der Waals surface area contributed by atoms with Crippen LogP contribution in [0, 0.1) is 0 Å². The van der Waals surface area contributed by atoms with Gasteiger partial charge in [-0.25, -0.2) is 13.4 Å². The first-order valence-corrected chi connectivity index (χ1v) is 8.84. The monoisotopic (exact) mass is 333 g/mol. The van der Waals surface area contributed by atoms with Crippen LogP contribution in [0.1, 0.15) is 26.2 Å². The fourth-order valence-electron chi connectivity index (χ4n) is 2.27. The van der Waals surface area contributed by atoms with E-state index in [2.05, 4.69) is 10.3 Å². The van der Waals surface area contributed by atoms with Crippen LogP contribution >= 0.6 is 11.6 Å². The lowest BCUT2D eigenvalue weighted by Crippen LogP contribution is -2.45. The Kier molecular flexibility index (Phi) is 5.43. The Balaban J connectivity index is 2.30. The molecule has 1 heterocycles. The van der Waals surface area contributed by atoms with Crippen LogP contribution in [0.25, 0.3) is 0 Å². The summed E-state index contributed by atoms with van der Waals surface area (Å²) in [5, 5.41) is 12.4. The van der Waals surface area contributed by atoms with Crippen LogP contribution < -0.4 is 5.32 Å². The molecule has 1 aliphatic carbocycles. The Morgan fingerprint density at radius 2 is 2.24 bits per heavy atom. The minimum atomic E-state index is -3.68. The van der Waals surface area contributed by atoms with Crippen molar-refractivity contribution < 1.29 is 13.5 Å². The van der Waals surface area contributed by atoms with E-state index in [0.717, 1.165) is 19.3 Å². The molecule has 0 spiro atoms. The Bertz CT molecular complexity index is 590. The van der Waals surface area contributed by atoms with E-state index in [4.69, 9.17) is 16.7 Å². The summed E-state index contributed by atoms with van der Waals surface area (Å²) < 4.78 is 26.7. The first kappa shape index (κ1) is 16.5. The molecular weight excluding hydrogens is 314 g/mol. The Morgan fingerprint density at radius 3 is 2.71 bits per heavy atom. The summed E-state index contributed by atoms with van der Waals surface area (Å²) in [6, 6.07) is 1.37. The normalized spacial score (nSPS) is 16.0. The molecule has 0 bridgehead atoms. The van der Waals surface area contributed by atoms with Crippen molar-refractivity contribution in [1.29, 1.82) is 0 Å². The van der Waals surface area contributed by atoms with Gasteiger partial charge < -0.3 is 10.4 Å². The molecule has 118 valence electrons. The van der Waals surface area contributed by atoms with Crippen LogP contribution in [0.4, 0.5) is 5.82 Å². The van der Waals surface area contributed by atoms with E-state index >= 15 is 0 Å². The summed E-state index contributed by atoms with van der Waals surface area (Å²) in [5.41, 5.74) is 0. The maximum absolute atomic E-state index is 12.7. The molecule has 0 radical (unpaired) electrons. The topological polar surface area (TPSA) is 82.5 Å². The number of aliphatic hydroxyl groups is 1. The molecule has 1 fully saturated rings. The Labute approximate surface area is 130 Å². The summed E-state index contributed by atoms with van der Waals surface area (Å²) in [6.07, 6.45) is 3.98. The zero-order valence-corrected chi connectivity index (χ0v) is 13.5. The molecule has 0 aromatic carbocycles. The van der Waals surface area contributed by atoms with Crippen molar-refractivity contribution in [2.45, 2.75) is 37.1 Å². The van der Waals surface area contributed by atoms with Crippen molar-refractivity contribution in [3.05, 3.63) is 17.3 Å². The largest absolute Gasteiger partial charge is 0.395 e. The molecule has 1 saturated carbocycles. The molecule has 2 rings (SSSR count). The highest BCUT2D eigenvalue weighted by Gasteiger charge is 2.34. The molecule has 0 saturated heterocycles. The summed E-state index contributed by atoms with van der Waals surface area (Å²) in [7, 11) is -3.68. The van der Waals surface area contributed by atoms with Crippen molar-refractivity contribution in [2.75, 3.05) is 25.0 Å². The minimum Gasteiger partial charge on any atom is -0.395 e. The molecule has 1 aliphatic rings. The maximum atomic E-state index is 12.7. The van der Waals surface area contributed by atoms with Crippen LogP contribution in [0.5, 0.6) is 0 Å². The molecule has 1 aromatic heterocycles. The van der Waals surface area contributed by atoms with Crippen molar-refractivity contribution in [1.82, 2.24) is 9.29 Å². The summed E-state index contributed by atoms with van der Waals surface area (Å²) in [5.74, 6) is 0.468. The van der Waals surface area contributed by atoms with Gasteiger partial charge in [-0.05, 0) is 25.8 Å². The van der Waals surface area contributed by atoms with Gasteiger partial charge in [0.05, 0.1) is 11.6 Å². The highest BCUT2D eigenvalue weighted by molar-refractivity contribution is 7.89. The van der Waals surface area contributed by atoms with Crippen molar-refractivity contribution in [3.8, 4) is 0 Å². The van der Waals surface area contributed by atoms with E-state index in [-0.39, 0.29) is 29.1 Å². The fourth-order valence-corrected chi connectivity index (χ4v) is 4.21. The van der Waals surface area contributed by atoms with Crippen LogP contribution in [0.3, 0.4) is 0 Å². The number of sulfonamides is 1. The van der Waals surface area contributed by atoms with Gasteiger partial charge in [0.25, 0.3) is 0 Å². The maximum Gasteiger partial charge on any atom is 0.244 e. The van der Waals surface area contributed by atoms with Gasteiger partial charge in [-0.2, -0.15) is 4.31 Å². The van der Waals surface area contributed by atoms with Gasteiger partial charge in [0.2, 0.25) is 10.0 Å². The van der Waals surface area contributed by atoms with E-state index in [1.54, 1.807) is 0 Å². The number of nitrogens with zero attached hydrogens (tertiary/aromatic N) is 2. The standard InChI is InChI=1S/C13H20ClN3O3S/c1-2-15-13-12(14)8-11(9-16-13)21(19,20)17(6-7-18)10-4-3-5-10/h8-10,18H,2-7H2,1H3,(H,15,16). The second-order valence-corrected chi connectivity index (χ2v) is 7.25. The average molecular weight is 334 g/mol. The molecule has 21 heavy (non-hydrogen) atoms. The predicted molar refractivity (Wildman–Crippen MR) is 82.0 cm³/mol. The summed E-state index contributed by atoms with van der Waals surface area (Å²) in [4.78, 5) is 4.13. The first-order valence-electron chi connectivity index (χ1n) is 7.02. The van der Waals surface area contributed by atoms with Gasteiger partial charge in [-0.1, -0.05) is 18.0 Å². The molecule has 0 unspecified atom stereocenters. The van der Waals surface area contributed by atoms with Crippen molar-refractivity contribution >= 4 is 27.4 Å². The second-order valence-electron chi connectivity index (χ2n) is 4.96. The molecule has 0 amide bonds. The van der Waals surface area contributed by atoms with Crippen LogP contribution in [0.15, 0.2) is 17.2 Å². The zero-order chi connectivity index (χ0) is 15.5. The third-order valence-electron chi connectivity index (χ3n) is 3.57. The number of aliphatic hydroxyl groups excluding tert-OH is 1. The average Bonchev–Trinajstić information content (AvgIpc) is 2.38. The number of aromatic nitrogens is 1. The van der Waals surface area contributed by atoms with E-state index in [0.29, 0.717) is 12.4 Å². The summed E-state index contributed by atoms with van der Waals surface area (Å²) in [6.45, 7) is 2.45. The summed E-state index contributed by atoms with van der Waals surface area (Å²) >= 11 is 6.07. The van der Waals surface area contributed by atoms with Gasteiger partial charge in [0, 0.05) is 25.3 Å². The van der Waals surface area contributed by atoms with Gasteiger partial charge in [0.1, 0.15) is 10.7 Å². The van der Waals surface area contributed by atoms with Crippen molar-refractivity contribution in [2.24, 2.45) is 0 Å². The fraction of sp³-hybridized carbons (Fsp3) is 0.615. The number of hydrogen-bond donors (Lipinski definition) is 2. The van der Waals surface area contributed by atoms with Crippen LogP contribution in [-0.4, -0.2) is 48.6 Å². The third-order valence-corrected chi connectivity index (χ3v) is 5.77. The molecule has 0 atom stereocenters. The molecular formula is C13H20ClN3O3S. The van der Waals surface area contributed by atoms with Gasteiger partial charge in [0.15, 0.2) is 0 Å². The number of hydrogen-bond acceptors (Lipinski definition) is 5. The zero-order valence-electron chi connectivity index (χ0n) is 11.9. The number of nitrogens with one attached hydrogen (secondary N) is 1. The number of halogens is 1. The Morgan fingerprint density at radius 1 is 1.52 bits per heavy atom. The van der Waals surface area contributed by atoms with Crippen LogP contribution in [0.2, 0.25) is 5.02 Å². The quantitative estimate of drug-likeness (QED) is 0.793. The van der Waals surface area contributed by atoms with Gasteiger partial charge >= 0.3 is 0 Å². The van der Waals surface area contributed by atoms with Crippen LogP contribution in [-0.2, 0) is 10.0 Å². The first-order chi connectivity index (χ1) is 10.0. The number of rotatable bonds is 7.